The Kier molecular flexibility index (Phi) is 3.61. The fourth-order valence-electron chi connectivity index (χ4n) is 2.91. The summed E-state index contributed by atoms with van der Waals surface area (Å²) in [7, 11) is 0. The number of aromatic nitrogens is 3. The summed E-state index contributed by atoms with van der Waals surface area (Å²) in [5, 5.41) is 13.9. The summed E-state index contributed by atoms with van der Waals surface area (Å²) in [6.07, 6.45) is 7.74. The summed E-state index contributed by atoms with van der Waals surface area (Å²) in [5.41, 5.74) is 0. The third-order valence-corrected chi connectivity index (χ3v) is 3.92. The first-order valence-electron chi connectivity index (χ1n) is 7.03. The molecule has 3 rings (SSSR count). The van der Waals surface area contributed by atoms with E-state index >= 15 is 0 Å². The Bertz CT molecular complexity index is 399. The number of aliphatic hydroxyl groups excluding tert-OH is 1. The van der Waals surface area contributed by atoms with Crippen LogP contribution in [0.3, 0.4) is 0 Å². The van der Waals surface area contributed by atoms with E-state index in [1.807, 2.05) is 4.68 Å². The Morgan fingerprint density at radius 1 is 1.28 bits per heavy atom. The molecule has 1 aromatic rings. The summed E-state index contributed by atoms with van der Waals surface area (Å²) in [6, 6.07) is 0.127. The summed E-state index contributed by atoms with van der Waals surface area (Å²) in [5.74, 6) is 1.92. The van der Waals surface area contributed by atoms with Crippen LogP contribution < -0.4 is 0 Å². The number of ether oxygens (including phenoxy) is 1. The third-order valence-electron chi connectivity index (χ3n) is 3.92. The molecule has 2 aliphatic heterocycles. The van der Waals surface area contributed by atoms with Crippen molar-refractivity contribution in [3.63, 3.8) is 0 Å². The molecule has 2 aliphatic rings. The lowest BCUT2D eigenvalue weighted by Crippen LogP contribution is -2.23. The zero-order chi connectivity index (χ0) is 12.4. The van der Waals surface area contributed by atoms with Crippen LogP contribution in [0.1, 0.15) is 49.8 Å². The average molecular weight is 251 g/mol. The molecule has 18 heavy (non-hydrogen) atoms. The van der Waals surface area contributed by atoms with Crippen molar-refractivity contribution >= 4 is 0 Å². The molecule has 5 heteroatoms. The lowest BCUT2D eigenvalue weighted by Gasteiger charge is -2.21. The van der Waals surface area contributed by atoms with E-state index in [-0.39, 0.29) is 18.8 Å². The molecule has 0 spiro atoms. The van der Waals surface area contributed by atoms with Gasteiger partial charge in [-0.25, -0.2) is 9.67 Å². The zero-order valence-corrected chi connectivity index (χ0v) is 10.7. The van der Waals surface area contributed by atoms with E-state index in [0.717, 1.165) is 50.4 Å². The minimum absolute atomic E-state index is 0.127. The Morgan fingerprint density at radius 2 is 2.22 bits per heavy atom. The van der Waals surface area contributed by atoms with Crippen LogP contribution in [0.2, 0.25) is 0 Å². The van der Waals surface area contributed by atoms with Gasteiger partial charge in [0.2, 0.25) is 0 Å². The van der Waals surface area contributed by atoms with E-state index in [1.165, 1.54) is 12.8 Å². The van der Waals surface area contributed by atoms with E-state index in [4.69, 9.17) is 4.74 Å². The van der Waals surface area contributed by atoms with Crippen molar-refractivity contribution in [3.05, 3.63) is 11.6 Å². The molecule has 2 unspecified atom stereocenters. The van der Waals surface area contributed by atoms with Crippen molar-refractivity contribution in [1.29, 1.82) is 0 Å². The largest absolute Gasteiger partial charge is 0.394 e. The van der Waals surface area contributed by atoms with Gasteiger partial charge in [-0.05, 0) is 32.1 Å². The monoisotopic (exact) mass is 251 g/mol. The van der Waals surface area contributed by atoms with Gasteiger partial charge in [-0.2, -0.15) is 5.10 Å². The van der Waals surface area contributed by atoms with Crippen molar-refractivity contribution < 1.29 is 9.84 Å². The summed E-state index contributed by atoms with van der Waals surface area (Å²) in [6.45, 7) is 1.03. The van der Waals surface area contributed by atoms with E-state index in [0.29, 0.717) is 0 Å². The van der Waals surface area contributed by atoms with E-state index in [1.54, 1.807) is 0 Å². The predicted octanol–water partition coefficient (Wildman–Crippen LogP) is 1.26. The maximum absolute atomic E-state index is 9.36. The normalized spacial score (nSPS) is 28.1. The first-order chi connectivity index (χ1) is 8.86. The molecule has 1 N–H and O–H groups in total. The second-order valence-electron chi connectivity index (χ2n) is 5.31. The number of hydrogen-bond acceptors (Lipinski definition) is 4. The van der Waals surface area contributed by atoms with Crippen LogP contribution in [0.25, 0.3) is 0 Å². The van der Waals surface area contributed by atoms with Gasteiger partial charge in [0, 0.05) is 19.4 Å². The standard InChI is InChI=1S/C13H21N3O2/c17-9-10-4-3-6-13-14-12(15-16(10)13)8-11-5-1-2-7-18-11/h10-11,17H,1-9H2. The molecular formula is C13H21N3O2. The van der Waals surface area contributed by atoms with E-state index in [2.05, 4.69) is 10.1 Å². The van der Waals surface area contributed by atoms with Crippen LogP contribution in [0, 0.1) is 0 Å². The quantitative estimate of drug-likeness (QED) is 0.878. The number of rotatable bonds is 3. The molecule has 1 saturated heterocycles. The molecule has 0 saturated carbocycles. The maximum Gasteiger partial charge on any atom is 0.153 e. The summed E-state index contributed by atoms with van der Waals surface area (Å²) in [4.78, 5) is 4.60. The van der Waals surface area contributed by atoms with Crippen molar-refractivity contribution in [2.75, 3.05) is 13.2 Å². The smallest absolute Gasteiger partial charge is 0.153 e. The molecule has 0 amide bonds. The highest BCUT2D eigenvalue weighted by Gasteiger charge is 2.24. The van der Waals surface area contributed by atoms with Crippen molar-refractivity contribution in [1.82, 2.24) is 14.8 Å². The number of fused-ring (bicyclic) bond motifs is 1. The summed E-state index contributed by atoms with van der Waals surface area (Å²) < 4.78 is 7.66. The van der Waals surface area contributed by atoms with Crippen LogP contribution in [-0.2, 0) is 17.6 Å². The van der Waals surface area contributed by atoms with Gasteiger partial charge in [0.05, 0.1) is 18.8 Å². The molecular weight excluding hydrogens is 230 g/mol. The lowest BCUT2D eigenvalue weighted by atomic mass is 10.1. The zero-order valence-electron chi connectivity index (χ0n) is 10.7. The SMILES string of the molecule is OCC1CCCc2nc(CC3CCCCO3)nn21. The van der Waals surface area contributed by atoms with Gasteiger partial charge in [0.15, 0.2) is 5.82 Å². The molecule has 0 aromatic carbocycles. The molecule has 0 bridgehead atoms. The fourth-order valence-corrected chi connectivity index (χ4v) is 2.91. The third kappa shape index (κ3) is 2.42. The van der Waals surface area contributed by atoms with E-state index < -0.39 is 0 Å². The molecule has 2 atom stereocenters. The molecule has 100 valence electrons. The van der Waals surface area contributed by atoms with Crippen LogP contribution in [0.4, 0.5) is 0 Å². The van der Waals surface area contributed by atoms with Crippen molar-refractivity contribution in [3.8, 4) is 0 Å². The molecule has 5 nitrogen and oxygen atoms in total. The Morgan fingerprint density at radius 3 is 3.00 bits per heavy atom. The van der Waals surface area contributed by atoms with Gasteiger partial charge in [-0.15, -0.1) is 0 Å². The van der Waals surface area contributed by atoms with Crippen LogP contribution in [-0.4, -0.2) is 39.2 Å². The topological polar surface area (TPSA) is 60.2 Å². The predicted molar refractivity (Wildman–Crippen MR) is 66.4 cm³/mol. The molecule has 0 aliphatic carbocycles. The second-order valence-corrected chi connectivity index (χ2v) is 5.31. The number of nitrogens with zero attached hydrogens (tertiary/aromatic N) is 3. The number of aliphatic hydroxyl groups is 1. The van der Waals surface area contributed by atoms with Crippen LogP contribution in [0.15, 0.2) is 0 Å². The Hall–Kier alpha value is -0.940. The summed E-state index contributed by atoms with van der Waals surface area (Å²) >= 11 is 0. The average Bonchev–Trinajstić information content (AvgIpc) is 2.82. The second kappa shape index (κ2) is 5.36. The minimum Gasteiger partial charge on any atom is -0.394 e. The molecule has 3 heterocycles. The molecule has 1 fully saturated rings. The highest BCUT2D eigenvalue weighted by molar-refractivity contribution is 5.00. The minimum atomic E-state index is 0.127. The first-order valence-corrected chi connectivity index (χ1v) is 7.03. The van der Waals surface area contributed by atoms with Crippen LogP contribution in [0.5, 0.6) is 0 Å². The lowest BCUT2D eigenvalue weighted by molar-refractivity contribution is 0.0156. The van der Waals surface area contributed by atoms with Gasteiger partial charge in [0.1, 0.15) is 5.82 Å². The van der Waals surface area contributed by atoms with E-state index in [9.17, 15) is 5.11 Å². The maximum atomic E-state index is 9.36. The van der Waals surface area contributed by atoms with Crippen LogP contribution >= 0.6 is 0 Å². The molecule has 1 aromatic heterocycles. The molecule has 0 radical (unpaired) electrons. The fraction of sp³-hybridized carbons (Fsp3) is 0.846. The number of hydrogen-bond donors (Lipinski definition) is 1. The van der Waals surface area contributed by atoms with Gasteiger partial charge in [0.25, 0.3) is 0 Å². The van der Waals surface area contributed by atoms with Gasteiger partial charge < -0.3 is 9.84 Å². The van der Waals surface area contributed by atoms with Crippen molar-refractivity contribution in [2.45, 2.75) is 57.1 Å². The van der Waals surface area contributed by atoms with Crippen molar-refractivity contribution in [2.24, 2.45) is 0 Å². The first kappa shape index (κ1) is 12.1. The Balaban J connectivity index is 1.71. The number of aryl methyl sites for hydroxylation is 1. The highest BCUT2D eigenvalue weighted by Crippen LogP contribution is 2.23. The Labute approximate surface area is 107 Å². The van der Waals surface area contributed by atoms with Gasteiger partial charge in [-0.1, -0.05) is 0 Å². The van der Waals surface area contributed by atoms with Gasteiger partial charge >= 0.3 is 0 Å². The van der Waals surface area contributed by atoms with Gasteiger partial charge in [-0.3, -0.25) is 0 Å². The highest BCUT2D eigenvalue weighted by atomic mass is 16.5.